The van der Waals surface area contributed by atoms with Crippen LogP contribution in [0.4, 0.5) is 0 Å². The lowest BCUT2D eigenvalue weighted by atomic mass is 10.00. The van der Waals surface area contributed by atoms with E-state index < -0.39 is 0 Å². The predicted molar refractivity (Wildman–Crippen MR) is 93.8 cm³/mol. The van der Waals surface area contributed by atoms with E-state index in [0.29, 0.717) is 5.92 Å². The van der Waals surface area contributed by atoms with Crippen LogP contribution in [0, 0.1) is 0 Å². The lowest BCUT2D eigenvalue weighted by Gasteiger charge is -2.18. The predicted octanol–water partition coefficient (Wildman–Crippen LogP) is 3.04. The van der Waals surface area contributed by atoms with Crippen LogP contribution in [0.2, 0.25) is 0 Å². The first-order valence-electron chi connectivity index (χ1n) is 9.04. The van der Waals surface area contributed by atoms with Crippen LogP contribution >= 0.6 is 0 Å². The highest BCUT2D eigenvalue weighted by Crippen LogP contribution is 2.30. The van der Waals surface area contributed by atoms with Crippen molar-refractivity contribution in [2.75, 3.05) is 13.2 Å². The summed E-state index contributed by atoms with van der Waals surface area (Å²) in [4.78, 5) is 4.88. The number of aromatic amines is 1. The molecule has 3 aromatic rings. The molecule has 128 valence electrons. The molecule has 1 aromatic carbocycles. The van der Waals surface area contributed by atoms with Crippen molar-refractivity contribution in [1.29, 1.82) is 0 Å². The van der Waals surface area contributed by atoms with Crippen LogP contribution in [0.15, 0.2) is 30.6 Å². The van der Waals surface area contributed by atoms with E-state index in [-0.39, 0.29) is 0 Å². The smallest absolute Gasteiger partial charge is 0.166 e. The number of benzene rings is 1. The summed E-state index contributed by atoms with van der Waals surface area (Å²) in [6.07, 6.45) is 9.25. The fourth-order valence-corrected chi connectivity index (χ4v) is 3.89. The number of aromatic nitrogens is 5. The van der Waals surface area contributed by atoms with E-state index in [0.717, 1.165) is 55.4 Å². The Morgan fingerprint density at radius 1 is 1.12 bits per heavy atom. The number of rotatable bonds is 3. The van der Waals surface area contributed by atoms with E-state index in [1.807, 2.05) is 17.1 Å². The first-order chi connectivity index (χ1) is 12.4. The fourth-order valence-electron chi connectivity index (χ4n) is 3.89. The van der Waals surface area contributed by atoms with Crippen LogP contribution in [0.25, 0.3) is 17.1 Å². The third kappa shape index (κ3) is 2.66. The summed E-state index contributed by atoms with van der Waals surface area (Å²) in [6, 6.07) is 6.68. The van der Waals surface area contributed by atoms with Gasteiger partial charge in [0.05, 0.1) is 17.4 Å². The van der Waals surface area contributed by atoms with Gasteiger partial charge < -0.3 is 4.74 Å². The van der Waals surface area contributed by atoms with Gasteiger partial charge in [-0.1, -0.05) is 6.07 Å². The average molecular weight is 335 g/mol. The number of hydrogen-bond acceptors (Lipinski definition) is 4. The molecule has 5 rings (SSSR count). The summed E-state index contributed by atoms with van der Waals surface area (Å²) in [5, 5.41) is 11.9. The molecule has 6 heteroatoms. The molecule has 1 aliphatic carbocycles. The van der Waals surface area contributed by atoms with Crippen molar-refractivity contribution in [2.24, 2.45) is 0 Å². The van der Waals surface area contributed by atoms with Gasteiger partial charge >= 0.3 is 0 Å². The molecule has 0 radical (unpaired) electrons. The van der Waals surface area contributed by atoms with E-state index in [9.17, 15) is 0 Å². The van der Waals surface area contributed by atoms with Gasteiger partial charge in [-0.05, 0) is 55.4 Å². The molecule has 1 N–H and O–H groups in total. The molecule has 6 nitrogen and oxygen atoms in total. The Hall–Kier alpha value is -2.47. The summed E-state index contributed by atoms with van der Waals surface area (Å²) in [6.45, 7) is 1.58. The number of ether oxygens (including phenoxy) is 1. The molecule has 1 fully saturated rings. The normalized spacial score (nSPS) is 17.8. The van der Waals surface area contributed by atoms with Gasteiger partial charge in [-0.2, -0.15) is 10.2 Å². The minimum Gasteiger partial charge on any atom is -0.381 e. The minimum absolute atomic E-state index is 0.370. The quantitative estimate of drug-likeness (QED) is 0.799. The highest BCUT2D eigenvalue weighted by molar-refractivity contribution is 5.57. The Labute approximate surface area is 146 Å². The van der Waals surface area contributed by atoms with Gasteiger partial charge in [0.1, 0.15) is 0 Å². The summed E-state index contributed by atoms with van der Waals surface area (Å²) in [7, 11) is 0. The maximum atomic E-state index is 5.49. The topological polar surface area (TPSA) is 68.6 Å². The van der Waals surface area contributed by atoms with E-state index >= 15 is 0 Å². The van der Waals surface area contributed by atoms with Gasteiger partial charge in [0.25, 0.3) is 0 Å². The Kier molecular flexibility index (Phi) is 3.63. The third-order valence-corrected chi connectivity index (χ3v) is 5.29. The number of nitrogens with one attached hydrogen (secondary N) is 1. The van der Waals surface area contributed by atoms with Gasteiger partial charge in [0, 0.05) is 25.3 Å². The Morgan fingerprint density at radius 3 is 2.84 bits per heavy atom. The minimum atomic E-state index is 0.370. The fraction of sp³-hybridized carbons (Fsp3) is 0.421. The zero-order valence-electron chi connectivity index (χ0n) is 14.1. The van der Waals surface area contributed by atoms with Crippen LogP contribution in [-0.2, 0) is 17.6 Å². The monoisotopic (exact) mass is 335 g/mol. The van der Waals surface area contributed by atoms with E-state index in [1.54, 1.807) is 0 Å². The lowest BCUT2D eigenvalue weighted by Crippen LogP contribution is -2.15. The van der Waals surface area contributed by atoms with Crippen LogP contribution in [-0.4, -0.2) is 38.2 Å². The molecule has 0 bridgehead atoms. The number of aryl methyl sites for hydroxylation is 2. The maximum Gasteiger partial charge on any atom is 0.166 e. The third-order valence-electron chi connectivity index (χ3n) is 5.29. The van der Waals surface area contributed by atoms with Gasteiger partial charge in [-0.15, -0.1) is 0 Å². The van der Waals surface area contributed by atoms with Crippen molar-refractivity contribution in [2.45, 2.75) is 38.0 Å². The molecule has 0 atom stereocenters. The first kappa shape index (κ1) is 14.8. The number of hydrogen-bond donors (Lipinski definition) is 1. The Bertz CT molecular complexity index is 877. The molecule has 1 aliphatic heterocycles. The van der Waals surface area contributed by atoms with Gasteiger partial charge in [0.2, 0.25) is 0 Å². The van der Waals surface area contributed by atoms with Gasteiger partial charge in [0.15, 0.2) is 11.6 Å². The van der Waals surface area contributed by atoms with Crippen LogP contribution in [0.3, 0.4) is 0 Å². The number of H-pyrrole nitrogens is 1. The van der Waals surface area contributed by atoms with Crippen molar-refractivity contribution in [3.63, 3.8) is 0 Å². The second-order valence-corrected chi connectivity index (χ2v) is 6.89. The van der Waals surface area contributed by atoms with Gasteiger partial charge in [-0.3, -0.25) is 5.10 Å². The van der Waals surface area contributed by atoms with Crippen molar-refractivity contribution < 1.29 is 4.74 Å². The summed E-state index contributed by atoms with van der Waals surface area (Å²) < 4.78 is 7.47. The van der Waals surface area contributed by atoms with Crippen LogP contribution < -0.4 is 0 Å². The molecule has 0 spiro atoms. The summed E-state index contributed by atoms with van der Waals surface area (Å²) in [5.41, 5.74) is 4.96. The zero-order chi connectivity index (χ0) is 16.6. The molecule has 25 heavy (non-hydrogen) atoms. The van der Waals surface area contributed by atoms with Crippen molar-refractivity contribution in [3.8, 4) is 17.1 Å². The molecule has 0 unspecified atom stereocenters. The second kappa shape index (κ2) is 6.11. The van der Waals surface area contributed by atoms with Gasteiger partial charge in [-0.25, -0.2) is 9.67 Å². The second-order valence-electron chi connectivity index (χ2n) is 6.89. The molecule has 0 amide bonds. The highest BCUT2D eigenvalue weighted by atomic mass is 16.5. The zero-order valence-corrected chi connectivity index (χ0v) is 14.1. The van der Waals surface area contributed by atoms with Crippen molar-refractivity contribution >= 4 is 0 Å². The molecule has 0 saturated carbocycles. The SMILES string of the molecule is c1n[nH]cc1-c1nc(C2CCOCC2)nn1-c1ccc2c(c1)CCC2. The van der Waals surface area contributed by atoms with Crippen molar-refractivity contribution in [1.82, 2.24) is 25.0 Å². The van der Waals surface area contributed by atoms with Crippen LogP contribution in [0.1, 0.15) is 42.1 Å². The van der Waals surface area contributed by atoms with E-state index in [1.165, 1.54) is 24.0 Å². The Morgan fingerprint density at radius 2 is 2.00 bits per heavy atom. The molecule has 2 aromatic heterocycles. The lowest BCUT2D eigenvalue weighted by molar-refractivity contribution is 0.0836. The maximum absolute atomic E-state index is 5.49. The van der Waals surface area contributed by atoms with E-state index in [2.05, 4.69) is 28.4 Å². The largest absolute Gasteiger partial charge is 0.381 e. The standard InChI is InChI=1S/C19H21N5O/c1-2-13-4-5-17(10-15(13)3-1)24-19(16-11-20-21-12-16)22-18(23-24)14-6-8-25-9-7-14/h4-5,10-12,14H,1-3,6-9H2,(H,20,21). The van der Waals surface area contributed by atoms with Crippen LogP contribution in [0.5, 0.6) is 0 Å². The summed E-state index contributed by atoms with van der Waals surface area (Å²) in [5.74, 6) is 2.14. The molecular formula is C19H21N5O. The highest BCUT2D eigenvalue weighted by Gasteiger charge is 2.24. The number of nitrogens with zero attached hydrogens (tertiary/aromatic N) is 4. The molecule has 2 aliphatic rings. The molecule has 3 heterocycles. The number of fused-ring (bicyclic) bond motifs is 1. The molecular weight excluding hydrogens is 314 g/mol. The first-order valence-corrected chi connectivity index (χ1v) is 9.04. The average Bonchev–Trinajstić information content (AvgIpc) is 3.40. The molecule has 1 saturated heterocycles. The Balaban J connectivity index is 1.60. The van der Waals surface area contributed by atoms with Crippen molar-refractivity contribution in [3.05, 3.63) is 47.5 Å². The summed E-state index contributed by atoms with van der Waals surface area (Å²) >= 11 is 0. The van der Waals surface area contributed by atoms with E-state index in [4.69, 9.17) is 14.8 Å².